The summed E-state index contributed by atoms with van der Waals surface area (Å²) in [7, 11) is 0. The van der Waals surface area contributed by atoms with E-state index in [-0.39, 0.29) is 13.4 Å². The van der Waals surface area contributed by atoms with Crippen LogP contribution in [0.4, 0.5) is 34.1 Å². The molecule has 248 valence electrons. The summed E-state index contributed by atoms with van der Waals surface area (Å²) in [4.78, 5) is 7.89. The van der Waals surface area contributed by atoms with E-state index in [0.29, 0.717) is 0 Å². The predicted molar refractivity (Wildman–Crippen MR) is 234 cm³/mol. The molecule has 0 radical (unpaired) electrons. The molecule has 0 N–H and O–H groups in total. The summed E-state index contributed by atoms with van der Waals surface area (Å²) in [6.45, 7) is 0.273. The molecule has 0 unspecified atom stereocenters. The molecule has 0 saturated heterocycles. The second-order valence-electron chi connectivity index (χ2n) is 14.7. The number of anilines is 6. The molecule has 2 nitrogen and oxygen atoms in total. The van der Waals surface area contributed by atoms with Crippen LogP contribution in [0.1, 0.15) is 0 Å². The number of rotatable bonds is 2. The molecule has 0 aliphatic carbocycles. The van der Waals surface area contributed by atoms with Crippen LogP contribution in [0.3, 0.4) is 0 Å². The normalized spacial score (nSPS) is 14.1. The van der Waals surface area contributed by atoms with Crippen molar-refractivity contribution in [1.82, 2.24) is 0 Å². The molecule has 5 heterocycles. The van der Waals surface area contributed by atoms with E-state index in [1.807, 2.05) is 23.1 Å². The van der Waals surface area contributed by atoms with Crippen LogP contribution in [-0.2, 0) is 0 Å². The maximum Gasteiger partial charge on any atom is 0.252 e. The Morgan fingerprint density at radius 1 is 0.389 bits per heavy atom. The van der Waals surface area contributed by atoms with Crippen molar-refractivity contribution in [2.24, 2.45) is 0 Å². The standard InChI is InChI=1S/C48H28B2N2S2/c1-7-19-37(30(13-1)29-25-26-43-32(27-29)31-14-2-11-23-42(31)53-43)51-38-20-8-3-15-33(38)49-34-16-4-9-21-39(34)52-40-22-10-5-17-35(40)50-36-18-6-12-24-44(36)54-45-28-41(51)46(49)48(52)47(45)50/h1-28H. The third kappa shape index (κ3) is 3.79. The summed E-state index contributed by atoms with van der Waals surface area (Å²) in [6, 6.07) is 63.9. The minimum absolute atomic E-state index is 0.106. The van der Waals surface area contributed by atoms with Crippen molar-refractivity contribution in [1.29, 1.82) is 0 Å². The third-order valence-corrected chi connectivity index (χ3v) is 14.4. The highest BCUT2D eigenvalue weighted by atomic mass is 32.2. The lowest BCUT2D eigenvalue weighted by Gasteiger charge is -2.49. The van der Waals surface area contributed by atoms with Gasteiger partial charge in [0.15, 0.2) is 0 Å². The molecule has 8 aromatic carbocycles. The molecule has 4 aliphatic rings. The number of thiophene rings is 1. The lowest BCUT2D eigenvalue weighted by molar-refractivity contribution is 1.23. The molecular weight excluding hydrogens is 690 g/mol. The van der Waals surface area contributed by atoms with E-state index >= 15 is 0 Å². The monoisotopic (exact) mass is 718 g/mol. The second-order valence-corrected chi connectivity index (χ2v) is 16.9. The summed E-state index contributed by atoms with van der Waals surface area (Å²) in [5.74, 6) is 0. The topological polar surface area (TPSA) is 6.48 Å². The summed E-state index contributed by atoms with van der Waals surface area (Å²) in [5, 5.41) is 2.65. The van der Waals surface area contributed by atoms with E-state index in [9.17, 15) is 0 Å². The number of benzene rings is 8. The zero-order valence-corrected chi connectivity index (χ0v) is 30.7. The molecular formula is C48H28B2N2S2. The van der Waals surface area contributed by atoms with E-state index in [1.165, 1.54) is 108 Å². The first-order chi connectivity index (χ1) is 26.8. The lowest BCUT2D eigenvalue weighted by Crippen LogP contribution is -2.68. The fraction of sp³-hybridized carbons (Fsp3) is 0. The molecule has 0 spiro atoms. The highest BCUT2D eigenvalue weighted by Crippen LogP contribution is 2.50. The molecule has 0 bridgehead atoms. The van der Waals surface area contributed by atoms with E-state index in [2.05, 4.69) is 180 Å². The van der Waals surface area contributed by atoms with Crippen LogP contribution in [0.25, 0.3) is 31.3 Å². The molecule has 54 heavy (non-hydrogen) atoms. The van der Waals surface area contributed by atoms with Crippen LogP contribution >= 0.6 is 23.1 Å². The summed E-state index contributed by atoms with van der Waals surface area (Å²) < 4.78 is 2.66. The predicted octanol–water partition coefficient (Wildman–Crippen LogP) is 9.10. The quantitative estimate of drug-likeness (QED) is 0.165. The van der Waals surface area contributed by atoms with Crippen molar-refractivity contribution in [3.63, 3.8) is 0 Å². The van der Waals surface area contributed by atoms with Gasteiger partial charge in [0.25, 0.3) is 6.71 Å². The highest BCUT2D eigenvalue weighted by molar-refractivity contribution is 8.00. The number of hydrogen-bond acceptors (Lipinski definition) is 4. The van der Waals surface area contributed by atoms with Gasteiger partial charge in [0, 0.05) is 64.0 Å². The van der Waals surface area contributed by atoms with Crippen molar-refractivity contribution in [2.45, 2.75) is 9.79 Å². The largest absolute Gasteiger partial charge is 0.312 e. The van der Waals surface area contributed by atoms with Gasteiger partial charge in [0.1, 0.15) is 0 Å². The minimum Gasteiger partial charge on any atom is -0.312 e. The molecule has 0 amide bonds. The lowest BCUT2D eigenvalue weighted by atomic mass is 9.29. The Morgan fingerprint density at radius 3 is 1.72 bits per heavy atom. The van der Waals surface area contributed by atoms with Crippen molar-refractivity contribution in [3.8, 4) is 11.1 Å². The third-order valence-electron chi connectivity index (χ3n) is 12.1. The van der Waals surface area contributed by atoms with Gasteiger partial charge in [0.05, 0.1) is 5.69 Å². The van der Waals surface area contributed by atoms with Crippen molar-refractivity contribution >= 4 is 124 Å². The molecule has 0 saturated carbocycles. The number of fused-ring (bicyclic) bond motifs is 13. The fourth-order valence-corrected chi connectivity index (χ4v) is 12.3. The summed E-state index contributed by atoms with van der Waals surface area (Å²) >= 11 is 3.81. The Morgan fingerprint density at radius 2 is 0.963 bits per heavy atom. The molecule has 13 rings (SSSR count). The molecule has 1 aromatic heterocycles. The van der Waals surface area contributed by atoms with Crippen LogP contribution in [0.2, 0.25) is 0 Å². The van der Waals surface area contributed by atoms with E-state index < -0.39 is 0 Å². The van der Waals surface area contributed by atoms with Crippen molar-refractivity contribution in [2.75, 3.05) is 9.80 Å². The maximum atomic E-state index is 2.61. The second kappa shape index (κ2) is 10.8. The van der Waals surface area contributed by atoms with E-state index in [1.54, 1.807) is 0 Å². The van der Waals surface area contributed by atoms with Gasteiger partial charge < -0.3 is 9.80 Å². The van der Waals surface area contributed by atoms with Crippen molar-refractivity contribution in [3.05, 3.63) is 170 Å². The molecule has 9 aromatic rings. The molecule has 6 heteroatoms. The van der Waals surface area contributed by atoms with Crippen LogP contribution in [0.15, 0.2) is 180 Å². The molecule has 4 aliphatic heterocycles. The Labute approximate surface area is 322 Å². The van der Waals surface area contributed by atoms with Crippen molar-refractivity contribution < 1.29 is 0 Å². The van der Waals surface area contributed by atoms with Gasteiger partial charge in [-0.3, -0.25) is 0 Å². The first-order valence-corrected chi connectivity index (χ1v) is 20.3. The van der Waals surface area contributed by atoms with Gasteiger partial charge in [0.2, 0.25) is 6.71 Å². The first kappa shape index (κ1) is 29.5. The van der Waals surface area contributed by atoms with Gasteiger partial charge in [-0.05, 0) is 87.5 Å². The van der Waals surface area contributed by atoms with Crippen LogP contribution in [-0.4, -0.2) is 13.4 Å². The Kier molecular flexibility index (Phi) is 5.91. The average Bonchev–Trinajstić information content (AvgIpc) is 3.61. The maximum absolute atomic E-state index is 2.61. The highest BCUT2D eigenvalue weighted by Gasteiger charge is 2.50. The van der Waals surface area contributed by atoms with Gasteiger partial charge in [-0.2, -0.15) is 0 Å². The smallest absolute Gasteiger partial charge is 0.252 e. The van der Waals surface area contributed by atoms with E-state index in [0.717, 1.165) is 0 Å². The van der Waals surface area contributed by atoms with Gasteiger partial charge in [-0.1, -0.05) is 132 Å². The molecule has 0 fully saturated rings. The van der Waals surface area contributed by atoms with Crippen LogP contribution in [0.5, 0.6) is 0 Å². The zero-order valence-electron chi connectivity index (χ0n) is 29.0. The van der Waals surface area contributed by atoms with E-state index in [4.69, 9.17) is 0 Å². The number of nitrogens with zero attached hydrogens (tertiary/aromatic N) is 2. The summed E-state index contributed by atoms with van der Waals surface area (Å²) in [6.07, 6.45) is 0. The SMILES string of the molecule is c1ccc2c(c1)Sc1cc3c4c5c1B2c1ccccc1N5c1ccccc1B4c1ccccc1N3c1ccccc1-c1ccc2sc3ccccc3c2c1. The first-order valence-electron chi connectivity index (χ1n) is 18.7. The zero-order chi connectivity index (χ0) is 35.1. The summed E-state index contributed by atoms with van der Waals surface area (Å²) in [5.41, 5.74) is 18.4. The minimum atomic E-state index is 0.106. The average molecular weight is 719 g/mol. The van der Waals surface area contributed by atoms with Gasteiger partial charge in [-0.25, -0.2) is 0 Å². The Balaban J connectivity index is 1.13. The Hall–Kier alpha value is -5.94. The number of para-hydroxylation sites is 4. The van der Waals surface area contributed by atoms with Gasteiger partial charge in [-0.15, -0.1) is 11.3 Å². The Bertz CT molecular complexity index is 3080. The van der Waals surface area contributed by atoms with Crippen LogP contribution in [0, 0.1) is 0 Å². The fourth-order valence-electron chi connectivity index (χ4n) is 10.00. The van der Waals surface area contributed by atoms with Gasteiger partial charge >= 0.3 is 0 Å². The number of hydrogen-bond donors (Lipinski definition) is 0. The molecule has 0 atom stereocenters. The van der Waals surface area contributed by atoms with Crippen LogP contribution < -0.4 is 42.6 Å².